The van der Waals surface area contributed by atoms with Gasteiger partial charge in [-0.15, -0.1) is 23.5 Å². The highest BCUT2D eigenvalue weighted by Crippen LogP contribution is 2.48. The van der Waals surface area contributed by atoms with Crippen LogP contribution in [0.3, 0.4) is 0 Å². The Labute approximate surface area is 574 Å². The number of fused-ring (bicyclic) bond motifs is 2. The molecule has 0 aliphatic carbocycles. The number of nitrogens with one attached hydrogen (secondary N) is 8. The highest BCUT2D eigenvalue weighted by atomic mass is 32.2. The molecule has 0 saturated carbocycles. The third kappa shape index (κ3) is 21.4. The van der Waals surface area contributed by atoms with Gasteiger partial charge in [0.1, 0.15) is 36.3 Å². The van der Waals surface area contributed by atoms with E-state index in [0.29, 0.717) is 48.3 Å². The summed E-state index contributed by atoms with van der Waals surface area (Å²) in [5.41, 5.74) is 1.35. The summed E-state index contributed by atoms with van der Waals surface area (Å²) in [7, 11) is 3.34. The van der Waals surface area contributed by atoms with Crippen LogP contribution in [0.5, 0.6) is 0 Å². The maximum absolute atomic E-state index is 14.5. The van der Waals surface area contributed by atoms with Crippen molar-refractivity contribution in [2.75, 3.05) is 25.6 Å². The van der Waals surface area contributed by atoms with Gasteiger partial charge in [0.15, 0.2) is 0 Å². The zero-order valence-corrected chi connectivity index (χ0v) is 60.1. The molecule has 4 aliphatic heterocycles. The van der Waals surface area contributed by atoms with Crippen LogP contribution in [0.15, 0.2) is 84.9 Å². The molecule has 7 rings (SSSR count). The van der Waals surface area contributed by atoms with Gasteiger partial charge in [-0.25, -0.2) is 0 Å². The Morgan fingerprint density at radius 1 is 0.500 bits per heavy atom. The SMILES string of the molecule is CN[C@@H](C)C(=O)N[C@H]1CCS[C@H]2CC(C)(C)C(C(=O)N[C@H](C(=O)NCc3ccc(CNC(=O)[C@@H](NC(=O)[C@H]4N5C(=O)[C@@H](NC(=O)[C@H](C)NC)CCS[C@H]5CC4(C)C)c4ccccc4)cc3)c3ccccc3)N2C1=O.S.S.S.S.S.S.S.S.S.S. The minimum Gasteiger partial charge on any atom is -0.350 e. The van der Waals surface area contributed by atoms with Crippen LogP contribution in [0.1, 0.15) is 102 Å². The predicted molar refractivity (Wildman–Crippen MR) is 389 cm³/mol. The fourth-order valence-corrected chi connectivity index (χ4v) is 13.4. The van der Waals surface area contributed by atoms with Gasteiger partial charge in [-0.1, -0.05) is 113 Å². The Bertz CT molecular complexity index is 2400. The lowest BCUT2D eigenvalue weighted by molar-refractivity contribution is -0.144. The molecule has 30 heteroatoms. The molecule has 4 heterocycles. The molecule has 4 saturated heterocycles. The number of carbonyl (C=O) groups excluding carboxylic acids is 8. The quantitative estimate of drug-likeness (QED) is 0.0898. The molecule has 18 nitrogen and oxygen atoms in total. The Morgan fingerprint density at radius 3 is 1.11 bits per heavy atom. The van der Waals surface area contributed by atoms with Gasteiger partial charge in [0, 0.05) is 13.1 Å². The molecule has 1 unspecified atom stereocenters. The zero-order valence-electron chi connectivity index (χ0n) is 48.5. The molecule has 0 aromatic heterocycles. The van der Waals surface area contributed by atoms with E-state index in [2.05, 4.69) is 42.5 Å². The van der Waals surface area contributed by atoms with E-state index < -0.39 is 82.8 Å². The van der Waals surface area contributed by atoms with E-state index in [1.54, 1.807) is 110 Å². The summed E-state index contributed by atoms with van der Waals surface area (Å²) in [6, 6.07) is 18.5. The second kappa shape index (κ2) is 39.5. The third-order valence-corrected chi connectivity index (χ3v) is 17.2. The molecule has 0 bridgehead atoms. The van der Waals surface area contributed by atoms with Crippen molar-refractivity contribution in [1.29, 1.82) is 0 Å². The monoisotopic (exact) mass is 1390 g/mol. The Balaban J connectivity index is -0.00000320. The number of amides is 8. The molecule has 4 aliphatic rings. The van der Waals surface area contributed by atoms with Gasteiger partial charge < -0.3 is 52.3 Å². The first kappa shape index (κ1) is 88.0. The fraction of sp³-hybridized carbons (Fsp3) is 0.519. The molecule has 478 valence electrons. The number of rotatable bonds is 18. The van der Waals surface area contributed by atoms with Crippen molar-refractivity contribution in [2.24, 2.45) is 10.8 Å². The van der Waals surface area contributed by atoms with E-state index in [-0.39, 0.29) is 182 Å². The van der Waals surface area contributed by atoms with Gasteiger partial charge in [0.05, 0.1) is 22.8 Å². The Hall–Kier alpha value is -2.46. The van der Waals surface area contributed by atoms with Crippen LogP contribution in [-0.4, -0.2) is 130 Å². The van der Waals surface area contributed by atoms with Crippen molar-refractivity contribution in [2.45, 2.75) is 139 Å². The minimum absolute atomic E-state index is 0. The number of hydrogen-bond donors (Lipinski definition) is 8. The third-order valence-electron chi connectivity index (χ3n) is 14.7. The average Bonchev–Trinajstić information content (AvgIpc) is 3.71. The van der Waals surface area contributed by atoms with Gasteiger partial charge in [-0.05, 0) is 98.2 Å². The van der Waals surface area contributed by atoms with E-state index in [1.807, 2.05) is 64.1 Å². The molecule has 4 fully saturated rings. The van der Waals surface area contributed by atoms with E-state index in [1.165, 1.54) is 0 Å². The normalized spacial score (nSPS) is 21.7. The summed E-state index contributed by atoms with van der Waals surface area (Å²) in [5.74, 6) is -1.84. The summed E-state index contributed by atoms with van der Waals surface area (Å²) in [5, 5.41) is 22.9. The maximum Gasteiger partial charge on any atom is 0.247 e. The summed E-state index contributed by atoms with van der Waals surface area (Å²) in [6.45, 7) is 11.4. The van der Waals surface area contributed by atoms with E-state index >= 15 is 0 Å². The molecule has 0 radical (unpaired) electrons. The minimum atomic E-state index is -1.09. The van der Waals surface area contributed by atoms with Gasteiger partial charge >= 0.3 is 0 Å². The highest BCUT2D eigenvalue weighted by Gasteiger charge is 2.56. The van der Waals surface area contributed by atoms with Gasteiger partial charge in [0.2, 0.25) is 47.3 Å². The molecular formula is C54H92N10O8S12. The van der Waals surface area contributed by atoms with Gasteiger partial charge in [0.25, 0.3) is 0 Å². The Morgan fingerprint density at radius 2 is 0.810 bits per heavy atom. The first-order valence-electron chi connectivity index (χ1n) is 25.4. The van der Waals surface area contributed by atoms with Crippen molar-refractivity contribution in [3.8, 4) is 0 Å². The van der Waals surface area contributed by atoms with Crippen molar-refractivity contribution in [1.82, 2.24) is 52.3 Å². The number of carbonyl (C=O) groups is 8. The smallest absolute Gasteiger partial charge is 0.247 e. The van der Waals surface area contributed by atoms with Crippen molar-refractivity contribution < 1.29 is 38.4 Å². The van der Waals surface area contributed by atoms with E-state index in [4.69, 9.17) is 0 Å². The Kier molecular flexibility index (Phi) is 41.4. The van der Waals surface area contributed by atoms with Crippen LogP contribution >= 0.6 is 158 Å². The van der Waals surface area contributed by atoms with Gasteiger partial charge in [-0.2, -0.15) is 135 Å². The molecule has 0 spiro atoms. The van der Waals surface area contributed by atoms with Crippen LogP contribution < -0.4 is 42.5 Å². The first-order valence-corrected chi connectivity index (χ1v) is 27.5. The first-order chi connectivity index (χ1) is 35.2. The topological polar surface area (TPSA) is 239 Å². The van der Waals surface area contributed by atoms with E-state index in [0.717, 1.165) is 11.1 Å². The second-order valence-electron chi connectivity index (χ2n) is 21.0. The number of hydrogen-bond acceptors (Lipinski definition) is 12. The van der Waals surface area contributed by atoms with Crippen molar-refractivity contribution >= 4 is 206 Å². The van der Waals surface area contributed by atoms with E-state index in [9.17, 15) is 38.4 Å². The standard InChI is InChI=1S/C54H72N10O8S2.10H2S/c1-31(55-7)45(65)59-37-23-25-73-39-27-53(3,4)43(63(39)51(37)71)49(69)61-41(35-15-11-9-12-16-35)47(67)57-29-33-19-21-34(22-20-33)30-58-48(68)42(36-17-13-10-14-18-36)62-50(70)44-54(5,6)28-40-64(44)52(72)38(24-26-74-40)60-46(66)32(2)56-8;;;;;;;;;;/h9-22,31-32,37-44,55-56H,23-30H2,1-8H3,(H,57,67)(H,58,68)(H,59,65)(H,60,66)(H,61,69)(H,62,70);10*1H2/t31-,32-,37-,38-,39-,40-,41-,42-,43+,44?;;;;;;;;;;/m0........../s1. The van der Waals surface area contributed by atoms with Crippen molar-refractivity contribution in [3.05, 3.63) is 107 Å². The number of likely N-dealkylation sites (N-methyl/N-ethyl adjacent to an activating group) is 2. The van der Waals surface area contributed by atoms with Crippen LogP contribution in [0.25, 0.3) is 0 Å². The lowest BCUT2D eigenvalue weighted by atomic mass is 9.83. The summed E-state index contributed by atoms with van der Waals surface area (Å²) in [4.78, 5) is 115. The molecule has 84 heavy (non-hydrogen) atoms. The number of nitrogens with zero attached hydrogens (tertiary/aromatic N) is 2. The largest absolute Gasteiger partial charge is 0.350 e. The predicted octanol–water partition coefficient (Wildman–Crippen LogP) is 4.13. The van der Waals surface area contributed by atoms with Gasteiger partial charge in [-0.3, -0.25) is 38.4 Å². The second-order valence-corrected chi connectivity index (χ2v) is 23.6. The molecule has 3 aromatic carbocycles. The van der Waals surface area contributed by atoms with Crippen LogP contribution in [0.2, 0.25) is 0 Å². The summed E-state index contributed by atoms with van der Waals surface area (Å²) < 4.78 is 0. The molecular weight excluding hydrogens is 1300 g/mol. The molecule has 10 atom stereocenters. The maximum atomic E-state index is 14.5. The van der Waals surface area contributed by atoms with Crippen LogP contribution in [0.4, 0.5) is 0 Å². The summed E-state index contributed by atoms with van der Waals surface area (Å²) in [6.07, 6.45) is 1.98. The molecule has 8 N–H and O–H groups in total. The van der Waals surface area contributed by atoms with Crippen molar-refractivity contribution in [3.63, 3.8) is 0 Å². The fourth-order valence-electron chi connectivity index (χ4n) is 10.3. The molecule has 3 aromatic rings. The highest BCUT2D eigenvalue weighted by molar-refractivity contribution is 8.00. The molecule has 8 amide bonds. The zero-order chi connectivity index (χ0) is 53.5. The van der Waals surface area contributed by atoms with Crippen LogP contribution in [-0.2, 0) is 51.4 Å². The average molecular weight is 1390 g/mol. The summed E-state index contributed by atoms with van der Waals surface area (Å²) >= 11 is 3.19. The lowest BCUT2D eigenvalue weighted by Gasteiger charge is -2.35. The lowest BCUT2D eigenvalue weighted by Crippen LogP contribution is -2.58. The number of thioether (sulfide) groups is 2. The number of benzene rings is 3. The van der Waals surface area contributed by atoms with Crippen LogP contribution in [0, 0.1) is 10.8 Å².